The Morgan fingerprint density at radius 3 is 2.60 bits per heavy atom. The summed E-state index contributed by atoms with van der Waals surface area (Å²) in [6.45, 7) is 2.47. The molecule has 0 saturated carbocycles. The lowest BCUT2D eigenvalue weighted by Gasteiger charge is -2.25. The molecule has 0 spiro atoms. The first-order chi connectivity index (χ1) is 16.8. The number of nitrogens with one attached hydrogen (secondary N) is 1. The number of aromatic amines is 1. The van der Waals surface area contributed by atoms with Gasteiger partial charge >= 0.3 is 5.97 Å². The summed E-state index contributed by atoms with van der Waals surface area (Å²) >= 11 is 0. The Morgan fingerprint density at radius 2 is 1.94 bits per heavy atom. The fourth-order valence-corrected chi connectivity index (χ4v) is 5.50. The number of ether oxygens (including phenoxy) is 3. The van der Waals surface area contributed by atoms with Gasteiger partial charge in [0.15, 0.2) is 0 Å². The van der Waals surface area contributed by atoms with Gasteiger partial charge in [-0.2, -0.15) is 4.31 Å². The second-order valence-corrected chi connectivity index (χ2v) is 10.2. The van der Waals surface area contributed by atoms with Crippen LogP contribution in [-0.4, -0.2) is 56.6 Å². The summed E-state index contributed by atoms with van der Waals surface area (Å²) in [6, 6.07) is 12.5. The van der Waals surface area contributed by atoms with Gasteiger partial charge in [0.25, 0.3) is 5.56 Å². The van der Waals surface area contributed by atoms with E-state index in [0.29, 0.717) is 23.4 Å². The maximum atomic E-state index is 13.6. The monoisotopic (exact) mass is 500 g/mol. The zero-order valence-corrected chi connectivity index (χ0v) is 20.5. The number of fused-ring (bicyclic) bond motifs is 1. The topological polar surface area (TPSA) is 115 Å². The summed E-state index contributed by atoms with van der Waals surface area (Å²) in [5.74, 6) is 0.104. The molecule has 0 aliphatic carbocycles. The zero-order chi connectivity index (χ0) is 25.0. The van der Waals surface area contributed by atoms with E-state index in [1.807, 2.05) is 0 Å². The number of rotatable bonds is 9. The van der Waals surface area contributed by atoms with Crippen molar-refractivity contribution >= 4 is 26.9 Å². The number of methoxy groups -OCH3 is 1. The van der Waals surface area contributed by atoms with Gasteiger partial charge in [0.2, 0.25) is 10.0 Å². The SMILES string of the molecule is CCOC(=O)c1ccc(S(=O)(=O)N(Cc2cc3cc(OC)ccc3[nH]c2=O)C[C@@H]2CCCO2)cc1. The Labute approximate surface area is 203 Å². The van der Waals surface area contributed by atoms with Crippen LogP contribution in [0.15, 0.2) is 58.2 Å². The van der Waals surface area contributed by atoms with Crippen LogP contribution in [0, 0.1) is 0 Å². The molecule has 0 radical (unpaired) electrons. The Hall–Kier alpha value is -3.21. The van der Waals surface area contributed by atoms with E-state index in [9.17, 15) is 18.0 Å². The van der Waals surface area contributed by atoms with Gasteiger partial charge in [-0.15, -0.1) is 0 Å². The van der Waals surface area contributed by atoms with E-state index >= 15 is 0 Å². The third-order valence-electron chi connectivity index (χ3n) is 5.91. The molecule has 0 unspecified atom stereocenters. The number of aromatic nitrogens is 1. The molecule has 2 aromatic carbocycles. The smallest absolute Gasteiger partial charge is 0.338 e. The van der Waals surface area contributed by atoms with Crippen molar-refractivity contribution in [1.29, 1.82) is 0 Å². The van der Waals surface area contributed by atoms with Crippen LogP contribution >= 0.6 is 0 Å². The molecule has 186 valence electrons. The summed E-state index contributed by atoms with van der Waals surface area (Å²) in [4.78, 5) is 27.6. The van der Waals surface area contributed by atoms with E-state index in [-0.39, 0.29) is 41.8 Å². The fourth-order valence-electron chi connectivity index (χ4n) is 4.05. The average Bonchev–Trinajstić information content (AvgIpc) is 3.37. The number of carbonyl (C=O) groups is 1. The summed E-state index contributed by atoms with van der Waals surface area (Å²) in [7, 11) is -2.45. The first-order valence-electron chi connectivity index (χ1n) is 11.4. The number of benzene rings is 2. The van der Waals surface area contributed by atoms with Gasteiger partial charge in [0.1, 0.15) is 5.75 Å². The number of pyridine rings is 1. The van der Waals surface area contributed by atoms with Crippen LogP contribution in [0.3, 0.4) is 0 Å². The predicted octanol–water partition coefficient (Wildman–Crippen LogP) is 3.08. The second kappa shape index (κ2) is 10.6. The Balaban J connectivity index is 1.68. The first-order valence-corrected chi connectivity index (χ1v) is 12.8. The maximum Gasteiger partial charge on any atom is 0.338 e. The lowest BCUT2D eigenvalue weighted by molar-refractivity contribution is 0.0526. The van der Waals surface area contributed by atoms with E-state index in [4.69, 9.17) is 14.2 Å². The highest BCUT2D eigenvalue weighted by Gasteiger charge is 2.30. The molecule has 10 heteroatoms. The normalized spacial score (nSPS) is 16.0. The van der Waals surface area contributed by atoms with Gasteiger partial charge in [0, 0.05) is 36.2 Å². The Bertz CT molecular complexity index is 1360. The van der Waals surface area contributed by atoms with Crippen molar-refractivity contribution in [2.24, 2.45) is 0 Å². The van der Waals surface area contributed by atoms with Crippen LogP contribution in [0.2, 0.25) is 0 Å². The number of esters is 1. The van der Waals surface area contributed by atoms with Crippen molar-refractivity contribution in [1.82, 2.24) is 9.29 Å². The number of carbonyl (C=O) groups excluding carboxylic acids is 1. The van der Waals surface area contributed by atoms with Crippen molar-refractivity contribution in [2.75, 3.05) is 26.9 Å². The Kier molecular flexibility index (Phi) is 7.54. The van der Waals surface area contributed by atoms with Gasteiger partial charge in [-0.1, -0.05) is 0 Å². The third kappa shape index (κ3) is 5.55. The largest absolute Gasteiger partial charge is 0.497 e. The minimum absolute atomic E-state index is 0.0161. The quantitative estimate of drug-likeness (QED) is 0.449. The summed E-state index contributed by atoms with van der Waals surface area (Å²) < 4.78 is 44.4. The van der Waals surface area contributed by atoms with Crippen molar-refractivity contribution < 1.29 is 27.4 Å². The summed E-state index contributed by atoms with van der Waals surface area (Å²) in [6.07, 6.45) is 1.32. The standard InChI is InChI=1S/C25H28N2O7S/c1-3-33-25(29)17-6-9-22(10-7-17)35(30,31)27(16-21-5-4-12-34-21)15-19-13-18-14-20(32-2)8-11-23(18)26-24(19)28/h6-11,13-14,21H,3-5,12,15-16H2,1-2H3,(H,26,28)/t21-/m0/s1. The number of sulfonamides is 1. The lowest BCUT2D eigenvalue weighted by Crippen LogP contribution is -2.38. The minimum Gasteiger partial charge on any atom is -0.497 e. The predicted molar refractivity (Wildman–Crippen MR) is 130 cm³/mol. The van der Waals surface area contributed by atoms with E-state index in [0.717, 1.165) is 18.2 Å². The van der Waals surface area contributed by atoms with Crippen LogP contribution in [0.1, 0.15) is 35.7 Å². The molecule has 3 aromatic rings. The van der Waals surface area contributed by atoms with Gasteiger partial charge in [0.05, 0.1) is 30.3 Å². The van der Waals surface area contributed by atoms with E-state index in [2.05, 4.69) is 4.98 Å². The fraction of sp³-hybridized carbons (Fsp3) is 0.360. The number of hydrogen-bond acceptors (Lipinski definition) is 7. The molecule has 4 rings (SSSR count). The van der Waals surface area contributed by atoms with E-state index < -0.39 is 16.0 Å². The van der Waals surface area contributed by atoms with Crippen molar-refractivity contribution in [3.63, 3.8) is 0 Å². The molecular weight excluding hydrogens is 472 g/mol. The molecule has 9 nitrogen and oxygen atoms in total. The molecule has 1 N–H and O–H groups in total. The van der Waals surface area contributed by atoms with Crippen molar-refractivity contribution in [2.45, 2.75) is 37.3 Å². The minimum atomic E-state index is -4.00. The van der Waals surface area contributed by atoms with Crippen LogP contribution in [0.25, 0.3) is 10.9 Å². The highest BCUT2D eigenvalue weighted by molar-refractivity contribution is 7.89. The molecule has 1 aliphatic heterocycles. The van der Waals surface area contributed by atoms with Crippen LogP contribution in [0.4, 0.5) is 0 Å². The van der Waals surface area contributed by atoms with Gasteiger partial charge in [-0.3, -0.25) is 4.79 Å². The highest BCUT2D eigenvalue weighted by atomic mass is 32.2. The van der Waals surface area contributed by atoms with Gasteiger partial charge < -0.3 is 19.2 Å². The molecule has 35 heavy (non-hydrogen) atoms. The highest BCUT2D eigenvalue weighted by Crippen LogP contribution is 2.24. The van der Waals surface area contributed by atoms with E-state index in [1.54, 1.807) is 38.3 Å². The molecule has 0 bridgehead atoms. The van der Waals surface area contributed by atoms with Gasteiger partial charge in [-0.05, 0) is 68.3 Å². The molecule has 1 saturated heterocycles. The zero-order valence-electron chi connectivity index (χ0n) is 19.7. The molecular formula is C25H28N2O7S. The van der Waals surface area contributed by atoms with Crippen LogP contribution in [-0.2, 0) is 26.0 Å². The molecule has 0 amide bonds. The number of nitrogens with zero attached hydrogens (tertiary/aromatic N) is 1. The van der Waals surface area contributed by atoms with Crippen molar-refractivity contribution in [3.8, 4) is 5.75 Å². The summed E-state index contributed by atoms with van der Waals surface area (Å²) in [5.41, 5.74) is 0.822. The van der Waals surface area contributed by atoms with Crippen LogP contribution in [0.5, 0.6) is 5.75 Å². The Morgan fingerprint density at radius 1 is 1.17 bits per heavy atom. The molecule has 1 aromatic heterocycles. The van der Waals surface area contributed by atoms with Gasteiger partial charge in [-0.25, -0.2) is 13.2 Å². The third-order valence-corrected chi connectivity index (χ3v) is 7.74. The van der Waals surface area contributed by atoms with Crippen LogP contribution < -0.4 is 10.3 Å². The number of H-pyrrole nitrogens is 1. The molecule has 1 atom stereocenters. The maximum absolute atomic E-state index is 13.6. The summed E-state index contributed by atoms with van der Waals surface area (Å²) in [5, 5.41) is 0.729. The lowest BCUT2D eigenvalue weighted by atomic mass is 10.1. The number of hydrogen-bond donors (Lipinski definition) is 1. The molecule has 1 aliphatic rings. The van der Waals surface area contributed by atoms with Crippen molar-refractivity contribution in [3.05, 3.63) is 70.0 Å². The average molecular weight is 501 g/mol. The van der Waals surface area contributed by atoms with E-state index in [1.165, 1.54) is 28.6 Å². The first kappa shape index (κ1) is 24.9. The second-order valence-electron chi connectivity index (χ2n) is 8.25. The molecule has 1 fully saturated rings. The molecule has 2 heterocycles.